The van der Waals surface area contributed by atoms with Crippen LogP contribution in [-0.2, 0) is 9.53 Å². The fraction of sp³-hybridized carbons (Fsp3) is 0.643. The molecule has 1 aromatic heterocycles. The van der Waals surface area contributed by atoms with E-state index in [4.69, 9.17) is 4.74 Å². The van der Waals surface area contributed by atoms with E-state index in [2.05, 4.69) is 15.6 Å². The fourth-order valence-electron chi connectivity index (χ4n) is 1.39. The molecule has 22 heavy (non-hydrogen) atoms. The maximum Gasteiger partial charge on any atom is 0.407 e. The number of amides is 2. The number of aromatic nitrogens is 1. The minimum atomic E-state index is -0.945. The lowest BCUT2D eigenvalue weighted by molar-refractivity contribution is -0.118. The fourth-order valence-corrected chi connectivity index (χ4v) is 2.15. The van der Waals surface area contributed by atoms with E-state index < -0.39 is 12.2 Å². The van der Waals surface area contributed by atoms with Crippen molar-refractivity contribution in [2.75, 3.05) is 18.5 Å². The first kappa shape index (κ1) is 18.4. The number of carbonyl (C=O) groups is 2. The van der Waals surface area contributed by atoms with E-state index >= 15 is 0 Å². The van der Waals surface area contributed by atoms with Crippen LogP contribution in [0.4, 0.5) is 9.93 Å². The summed E-state index contributed by atoms with van der Waals surface area (Å²) >= 11 is 1.23. The number of alkyl carbamates (subject to hydrolysis) is 1. The van der Waals surface area contributed by atoms with Crippen molar-refractivity contribution >= 4 is 28.5 Å². The third kappa shape index (κ3) is 6.40. The molecule has 1 atom stereocenters. The number of hydrogen-bond donors (Lipinski definition) is 3. The third-order valence-electron chi connectivity index (χ3n) is 2.79. The van der Waals surface area contributed by atoms with Gasteiger partial charge in [-0.2, -0.15) is 0 Å². The molecule has 0 aliphatic heterocycles. The average Bonchev–Trinajstić information content (AvgIpc) is 2.93. The zero-order valence-corrected chi connectivity index (χ0v) is 13.9. The van der Waals surface area contributed by atoms with Crippen LogP contribution in [-0.4, -0.2) is 35.2 Å². The largest absolute Gasteiger partial charge is 0.450 e. The highest BCUT2D eigenvalue weighted by atomic mass is 32.1. The van der Waals surface area contributed by atoms with Gasteiger partial charge in [-0.05, 0) is 6.42 Å². The highest BCUT2D eigenvalue weighted by Crippen LogP contribution is 2.20. The molecule has 1 heterocycles. The Hall–Kier alpha value is -1.67. The first-order chi connectivity index (χ1) is 10.4. The van der Waals surface area contributed by atoms with Crippen molar-refractivity contribution in [2.24, 2.45) is 5.92 Å². The molecule has 8 heteroatoms. The number of aliphatic hydroxyl groups is 1. The molecule has 1 unspecified atom stereocenters. The Kier molecular flexibility index (Phi) is 7.83. The van der Waals surface area contributed by atoms with Gasteiger partial charge in [0.05, 0.1) is 18.8 Å². The second-order valence-electron chi connectivity index (χ2n) is 5.11. The Morgan fingerprint density at radius 3 is 2.82 bits per heavy atom. The Balaban J connectivity index is 2.39. The highest BCUT2D eigenvalue weighted by molar-refractivity contribution is 7.13. The average molecular weight is 329 g/mol. The molecule has 0 aromatic carbocycles. The summed E-state index contributed by atoms with van der Waals surface area (Å²) in [5.41, 5.74) is 0.401. The summed E-state index contributed by atoms with van der Waals surface area (Å²) in [6, 6.07) is 0. The molecule has 0 spiro atoms. The van der Waals surface area contributed by atoms with E-state index in [1.54, 1.807) is 19.2 Å². The molecule has 0 aliphatic carbocycles. The minimum Gasteiger partial charge on any atom is -0.450 e. The topological polar surface area (TPSA) is 101 Å². The summed E-state index contributed by atoms with van der Waals surface area (Å²) in [5, 5.41) is 17.2. The van der Waals surface area contributed by atoms with E-state index in [0.29, 0.717) is 17.4 Å². The number of ether oxygens (including phenoxy) is 1. The maximum atomic E-state index is 11.6. The van der Waals surface area contributed by atoms with Crippen LogP contribution >= 0.6 is 11.3 Å². The normalized spacial score (nSPS) is 12.0. The summed E-state index contributed by atoms with van der Waals surface area (Å²) in [4.78, 5) is 27.0. The molecule has 1 rings (SSSR count). The summed E-state index contributed by atoms with van der Waals surface area (Å²) in [5.74, 6) is -0.273. The van der Waals surface area contributed by atoms with Gasteiger partial charge in [0.1, 0.15) is 6.10 Å². The van der Waals surface area contributed by atoms with Crippen LogP contribution in [0.5, 0.6) is 0 Å². The Labute approximate surface area is 134 Å². The summed E-state index contributed by atoms with van der Waals surface area (Å²) in [6.45, 7) is 5.94. The monoisotopic (exact) mass is 329 g/mol. The zero-order valence-electron chi connectivity index (χ0n) is 13.1. The van der Waals surface area contributed by atoms with Gasteiger partial charge in [-0.1, -0.05) is 27.2 Å². The molecule has 2 amide bonds. The highest BCUT2D eigenvalue weighted by Gasteiger charge is 2.15. The number of hydrogen-bond acceptors (Lipinski definition) is 6. The van der Waals surface area contributed by atoms with Crippen LogP contribution in [0.3, 0.4) is 0 Å². The van der Waals surface area contributed by atoms with Gasteiger partial charge < -0.3 is 20.5 Å². The van der Waals surface area contributed by atoms with Gasteiger partial charge >= 0.3 is 6.09 Å². The number of aliphatic hydroxyl groups excluding tert-OH is 1. The van der Waals surface area contributed by atoms with Gasteiger partial charge in [0, 0.05) is 11.3 Å². The molecule has 1 aromatic rings. The van der Waals surface area contributed by atoms with Crippen molar-refractivity contribution < 1.29 is 19.4 Å². The van der Waals surface area contributed by atoms with E-state index in [0.717, 1.165) is 12.8 Å². The maximum absolute atomic E-state index is 11.6. The smallest absolute Gasteiger partial charge is 0.407 e. The quantitative estimate of drug-likeness (QED) is 0.635. The third-order valence-corrected chi connectivity index (χ3v) is 3.56. The number of anilines is 1. The van der Waals surface area contributed by atoms with Crippen LogP contribution in [0, 0.1) is 5.92 Å². The van der Waals surface area contributed by atoms with Crippen molar-refractivity contribution in [2.45, 2.75) is 39.7 Å². The van der Waals surface area contributed by atoms with Crippen LogP contribution in [0.15, 0.2) is 5.38 Å². The van der Waals surface area contributed by atoms with Crippen LogP contribution in [0.2, 0.25) is 0 Å². The minimum absolute atomic E-state index is 0.00621. The van der Waals surface area contributed by atoms with Crippen LogP contribution in [0.25, 0.3) is 0 Å². The van der Waals surface area contributed by atoms with E-state index in [9.17, 15) is 14.7 Å². The van der Waals surface area contributed by atoms with Gasteiger partial charge in [0.15, 0.2) is 5.13 Å². The number of nitrogens with zero attached hydrogens (tertiary/aromatic N) is 1. The van der Waals surface area contributed by atoms with Crippen LogP contribution < -0.4 is 10.6 Å². The van der Waals surface area contributed by atoms with Gasteiger partial charge in [0.2, 0.25) is 5.91 Å². The lowest BCUT2D eigenvalue weighted by atomic mass is 10.2. The van der Waals surface area contributed by atoms with Crippen molar-refractivity contribution in [3.8, 4) is 0 Å². The summed E-state index contributed by atoms with van der Waals surface area (Å²) in [6.07, 6.45) is 0.247. The number of rotatable bonds is 8. The van der Waals surface area contributed by atoms with Crippen molar-refractivity contribution in [3.63, 3.8) is 0 Å². The second-order valence-corrected chi connectivity index (χ2v) is 5.97. The molecule has 0 aliphatic rings. The Morgan fingerprint density at radius 2 is 2.18 bits per heavy atom. The molecular formula is C14H23N3O4S. The first-order valence-corrected chi connectivity index (χ1v) is 8.17. The summed E-state index contributed by atoms with van der Waals surface area (Å²) in [7, 11) is 0. The standard InChI is InChI=1S/C14H23N3O4S/c1-4-5-6-21-14(20)15-7-11(18)10-8-22-13(16-10)17-12(19)9(2)3/h8-9,11,18H,4-7H2,1-3H3,(H,15,20)(H,16,17,19). The van der Waals surface area contributed by atoms with Gasteiger partial charge in [-0.15, -0.1) is 11.3 Å². The molecule has 0 saturated heterocycles. The van der Waals surface area contributed by atoms with E-state index in [-0.39, 0.29) is 18.4 Å². The van der Waals surface area contributed by atoms with Gasteiger partial charge in [-0.25, -0.2) is 9.78 Å². The van der Waals surface area contributed by atoms with Crippen molar-refractivity contribution in [1.82, 2.24) is 10.3 Å². The van der Waals surface area contributed by atoms with Gasteiger partial charge in [0.25, 0.3) is 0 Å². The van der Waals surface area contributed by atoms with Crippen molar-refractivity contribution in [1.29, 1.82) is 0 Å². The molecule has 0 bridgehead atoms. The molecule has 0 saturated carbocycles. The molecule has 124 valence electrons. The Bertz CT molecular complexity index is 490. The number of unbranched alkanes of at least 4 members (excludes halogenated alkanes) is 1. The molecular weight excluding hydrogens is 306 g/mol. The predicted molar refractivity (Wildman–Crippen MR) is 84.8 cm³/mol. The van der Waals surface area contributed by atoms with E-state index in [1.165, 1.54) is 11.3 Å². The molecule has 7 nitrogen and oxygen atoms in total. The lowest BCUT2D eigenvalue weighted by Gasteiger charge is -2.10. The first-order valence-electron chi connectivity index (χ1n) is 7.29. The molecule has 0 fully saturated rings. The predicted octanol–water partition coefficient (Wildman–Crippen LogP) is 2.30. The number of thiazole rings is 1. The van der Waals surface area contributed by atoms with E-state index in [1.807, 2.05) is 6.92 Å². The number of nitrogens with one attached hydrogen (secondary N) is 2. The van der Waals surface area contributed by atoms with Crippen LogP contribution in [0.1, 0.15) is 45.4 Å². The molecule has 3 N–H and O–H groups in total. The second kappa shape index (κ2) is 9.37. The van der Waals surface area contributed by atoms with Gasteiger partial charge in [-0.3, -0.25) is 4.79 Å². The molecule has 0 radical (unpaired) electrons. The Morgan fingerprint density at radius 1 is 1.45 bits per heavy atom. The van der Waals surface area contributed by atoms with Crippen molar-refractivity contribution in [3.05, 3.63) is 11.1 Å². The lowest BCUT2D eigenvalue weighted by Crippen LogP contribution is -2.29. The summed E-state index contributed by atoms with van der Waals surface area (Å²) < 4.78 is 4.92. The number of carbonyl (C=O) groups excluding carboxylic acids is 2. The zero-order chi connectivity index (χ0) is 16.5. The SMILES string of the molecule is CCCCOC(=O)NCC(O)c1csc(NC(=O)C(C)C)n1.